The number of aliphatic carboxylic acids is 1. The van der Waals surface area contributed by atoms with E-state index in [1.54, 1.807) is 13.8 Å². The number of carboxylic acid groups (broad SMARTS) is 1. The van der Waals surface area contributed by atoms with E-state index in [-0.39, 0.29) is 18.6 Å². The summed E-state index contributed by atoms with van der Waals surface area (Å²) in [7, 11) is 0. The normalized spacial score (nSPS) is 21.0. The summed E-state index contributed by atoms with van der Waals surface area (Å²) in [4.78, 5) is 26.5. The number of nitrogens with one attached hydrogen (secondary N) is 2. The lowest BCUT2D eigenvalue weighted by molar-refractivity contribution is -0.149. The molecule has 0 aliphatic carbocycles. The maximum absolute atomic E-state index is 11.7. The number of anilines is 1. The van der Waals surface area contributed by atoms with Crippen LogP contribution in [0, 0.1) is 13.8 Å². The van der Waals surface area contributed by atoms with Crippen LogP contribution in [0.5, 0.6) is 0 Å². The minimum Gasteiger partial charge on any atom is -0.479 e. The standard InChI is InChI=1S/C12H17N5O4/c1-6-7(2)16-17-11(14-6)15-12(20)13-5-8-3-4-9(21-8)10(18)19/h8-9H,3-5H2,1-2H3,(H,18,19)(H2,13,14,15,17,20). The van der Waals surface area contributed by atoms with Crippen LogP contribution in [0.15, 0.2) is 0 Å². The molecule has 1 aliphatic rings. The average molecular weight is 295 g/mol. The van der Waals surface area contributed by atoms with E-state index in [1.165, 1.54) is 0 Å². The number of rotatable bonds is 4. The van der Waals surface area contributed by atoms with Crippen molar-refractivity contribution in [3.63, 3.8) is 0 Å². The number of hydrogen-bond acceptors (Lipinski definition) is 6. The van der Waals surface area contributed by atoms with Crippen LogP contribution in [0.3, 0.4) is 0 Å². The van der Waals surface area contributed by atoms with Gasteiger partial charge in [-0.3, -0.25) is 5.32 Å². The Morgan fingerprint density at radius 3 is 2.67 bits per heavy atom. The second-order valence-electron chi connectivity index (χ2n) is 4.80. The number of carboxylic acids is 1. The molecule has 1 aromatic heterocycles. The highest BCUT2D eigenvalue weighted by Crippen LogP contribution is 2.19. The summed E-state index contributed by atoms with van der Waals surface area (Å²) in [6, 6.07) is -0.484. The Morgan fingerprint density at radius 1 is 1.29 bits per heavy atom. The smallest absolute Gasteiger partial charge is 0.332 e. The number of amides is 2. The van der Waals surface area contributed by atoms with Gasteiger partial charge in [-0.15, -0.1) is 5.10 Å². The first-order valence-corrected chi connectivity index (χ1v) is 6.56. The van der Waals surface area contributed by atoms with Crippen molar-refractivity contribution < 1.29 is 19.4 Å². The Hall–Kier alpha value is -2.29. The number of urea groups is 1. The molecule has 3 N–H and O–H groups in total. The molecule has 0 saturated carbocycles. The summed E-state index contributed by atoms with van der Waals surface area (Å²) in [5, 5.41) is 21.5. The van der Waals surface area contributed by atoms with Crippen LogP contribution >= 0.6 is 0 Å². The van der Waals surface area contributed by atoms with Gasteiger partial charge in [0.05, 0.1) is 17.5 Å². The van der Waals surface area contributed by atoms with Gasteiger partial charge in [0.2, 0.25) is 0 Å². The first-order valence-electron chi connectivity index (χ1n) is 6.56. The van der Waals surface area contributed by atoms with E-state index in [9.17, 15) is 9.59 Å². The van der Waals surface area contributed by atoms with E-state index >= 15 is 0 Å². The van der Waals surface area contributed by atoms with Gasteiger partial charge in [-0.1, -0.05) is 0 Å². The lowest BCUT2D eigenvalue weighted by Crippen LogP contribution is -2.36. The Labute approximate surface area is 121 Å². The molecule has 0 spiro atoms. The predicted molar refractivity (Wildman–Crippen MR) is 71.9 cm³/mol. The molecule has 9 nitrogen and oxygen atoms in total. The van der Waals surface area contributed by atoms with Crippen LogP contribution in [0.4, 0.5) is 10.7 Å². The molecule has 1 aliphatic heterocycles. The number of carbonyl (C=O) groups excluding carboxylic acids is 1. The highest BCUT2D eigenvalue weighted by Gasteiger charge is 2.30. The van der Waals surface area contributed by atoms with Crippen molar-refractivity contribution in [2.45, 2.75) is 38.9 Å². The number of carbonyl (C=O) groups is 2. The highest BCUT2D eigenvalue weighted by atomic mass is 16.5. The van der Waals surface area contributed by atoms with Crippen LogP contribution in [0.2, 0.25) is 0 Å². The Bertz CT molecular complexity index is 550. The summed E-state index contributed by atoms with van der Waals surface area (Å²) < 4.78 is 5.27. The molecule has 0 radical (unpaired) electrons. The van der Waals surface area contributed by atoms with Gasteiger partial charge in [-0.05, 0) is 26.7 Å². The van der Waals surface area contributed by atoms with Gasteiger partial charge in [0, 0.05) is 6.54 Å². The number of ether oxygens (including phenoxy) is 1. The molecule has 9 heteroatoms. The number of aromatic nitrogens is 3. The Balaban J connectivity index is 1.77. The zero-order valence-electron chi connectivity index (χ0n) is 11.8. The van der Waals surface area contributed by atoms with E-state index in [1.807, 2.05) is 0 Å². The lowest BCUT2D eigenvalue weighted by Gasteiger charge is -2.12. The van der Waals surface area contributed by atoms with Crippen LogP contribution in [0.25, 0.3) is 0 Å². The molecular formula is C12H17N5O4. The SMILES string of the molecule is Cc1nnc(NC(=O)NCC2CCC(C(=O)O)O2)nc1C. The average Bonchev–Trinajstić information content (AvgIpc) is 2.90. The molecular weight excluding hydrogens is 278 g/mol. The van der Waals surface area contributed by atoms with E-state index in [2.05, 4.69) is 25.8 Å². The minimum absolute atomic E-state index is 0.117. The maximum Gasteiger partial charge on any atom is 0.332 e. The summed E-state index contributed by atoms with van der Waals surface area (Å²) in [5.74, 6) is -0.858. The van der Waals surface area contributed by atoms with Crippen molar-refractivity contribution in [1.82, 2.24) is 20.5 Å². The zero-order chi connectivity index (χ0) is 15.4. The highest BCUT2D eigenvalue weighted by molar-refractivity contribution is 5.87. The van der Waals surface area contributed by atoms with Gasteiger partial charge in [0.15, 0.2) is 6.10 Å². The van der Waals surface area contributed by atoms with Crippen molar-refractivity contribution in [3.8, 4) is 0 Å². The summed E-state index contributed by atoms with van der Waals surface area (Å²) in [6.07, 6.45) is -0.0327. The number of hydrogen-bond donors (Lipinski definition) is 3. The van der Waals surface area contributed by atoms with E-state index < -0.39 is 18.1 Å². The van der Waals surface area contributed by atoms with Crippen LogP contribution in [-0.4, -0.2) is 51.0 Å². The Morgan fingerprint density at radius 2 is 2.05 bits per heavy atom. The minimum atomic E-state index is -0.975. The monoisotopic (exact) mass is 295 g/mol. The molecule has 1 saturated heterocycles. The third-order valence-corrected chi connectivity index (χ3v) is 3.19. The molecule has 2 atom stereocenters. The van der Waals surface area contributed by atoms with Crippen molar-refractivity contribution in [2.75, 3.05) is 11.9 Å². The van der Waals surface area contributed by atoms with Gasteiger partial charge in [0.25, 0.3) is 5.95 Å². The predicted octanol–water partition coefficient (Wildman–Crippen LogP) is 0.242. The van der Waals surface area contributed by atoms with Gasteiger partial charge in [0.1, 0.15) is 0 Å². The number of nitrogens with zero attached hydrogens (tertiary/aromatic N) is 3. The van der Waals surface area contributed by atoms with E-state index in [0.29, 0.717) is 24.2 Å². The third kappa shape index (κ3) is 4.09. The molecule has 0 bridgehead atoms. The van der Waals surface area contributed by atoms with Gasteiger partial charge in [-0.2, -0.15) is 5.10 Å². The fourth-order valence-corrected chi connectivity index (χ4v) is 1.90. The molecule has 1 fully saturated rings. The van der Waals surface area contributed by atoms with Gasteiger partial charge in [-0.25, -0.2) is 14.6 Å². The molecule has 2 amide bonds. The topological polar surface area (TPSA) is 126 Å². The number of aryl methyl sites for hydroxylation is 2. The van der Waals surface area contributed by atoms with E-state index in [0.717, 1.165) is 0 Å². The summed E-state index contributed by atoms with van der Waals surface area (Å²) >= 11 is 0. The van der Waals surface area contributed by atoms with E-state index in [4.69, 9.17) is 9.84 Å². The summed E-state index contributed by atoms with van der Waals surface area (Å²) in [6.45, 7) is 3.77. The fourth-order valence-electron chi connectivity index (χ4n) is 1.90. The van der Waals surface area contributed by atoms with Gasteiger partial charge < -0.3 is 15.2 Å². The zero-order valence-corrected chi connectivity index (χ0v) is 11.8. The lowest BCUT2D eigenvalue weighted by atomic mass is 10.2. The fraction of sp³-hybridized carbons (Fsp3) is 0.583. The second kappa shape index (κ2) is 6.44. The molecule has 0 aromatic carbocycles. The molecule has 2 rings (SSSR count). The third-order valence-electron chi connectivity index (χ3n) is 3.19. The summed E-state index contributed by atoms with van der Waals surface area (Å²) in [5.41, 5.74) is 1.38. The van der Waals surface area contributed by atoms with Crippen molar-refractivity contribution in [3.05, 3.63) is 11.4 Å². The molecule has 21 heavy (non-hydrogen) atoms. The Kier molecular flexibility index (Phi) is 4.63. The van der Waals surface area contributed by atoms with Crippen molar-refractivity contribution >= 4 is 17.9 Å². The molecule has 1 aromatic rings. The molecule has 2 unspecified atom stereocenters. The van der Waals surface area contributed by atoms with Crippen molar-refractivity contribution in [1.29, 1.82) is 0 Å². The first-order chi connectivity index (χ1) is 9.95. The first kappa shape index (κ1) is 15.1. The largest absolute Gasteiger partial charge is 0.479 e. The molecule has 2 heterocycles. The van der Waals surface area contributed by atoms with Crippen LogP contribution in [-0.2, 0) is 9.53 Å². The van der Waals surface area contributed by atoms with Gasteiger partial charge >= 0.3 is 12.0 Å². The van der Waals surface area contributed by atoms with Crippen molar-refractivity contribution in [2.24, 2.45) is 0 Å². The van der Waals surface area contributed by atoms with Crippen LogP contribution in [0.1, 0.15) is 24.2 Å². The maximum atomic E-state index is 11.7. The molecule has 114 valence electrons. The quantitative estimate of drug-likeness (QED) is 0.726. The van der Waals surface area contributed by atoms with Crippen LogP contribution < -0.4 is 10.6 Å². The second-order valence-corrected chi connectivity index (χ2v) is 4.80.